The van der Waals surface area contributed by atoms with E-state index in [4.69, 9.17) is 5.11 Å². The van der Waals surface area contributed by atoms with Gasteiger partial charge in [0.1, 0.15) is 0 Å². The number of hydrogen-bond acceptors (Lipinski definition) is 3. The van der Waals surface area contributed by atoms with E-state index in [-0.39, 0.29) is 0 Å². The molecule has 0 saturated carbocycles. The molecule has 0 aliphatic rings. The summed E-state index contributed by atoms with van der Waals surface area (Å²) >= 11 is 1.87. The number of nitrogens with one attached hydrogen (secondary N) is 1. The van der Waals surface area contributed by atoms with Crippen LogP contribution in [0.4, 0.5) is 5.69 Å². The van der Waals surface area contributed by atoms with Crippen molar-refractivity contribution in [2.45, 2.75) is 19.9 Å². The number of carboxylic acid groups (broad SMARTS) is 1. The summed E-state index contributed by atoms with van der Waals surface area (Å²) in [6.45, 7) is 4.22. The summed E-state index contributed by atoms with van der Waals surface area (Å²) in [5, 5.41) is 12.1. The third-order valence-electron chi connectivity index (χ3n) is 2.09. The summed E-state index contributed by atoms with van der Waals surface area (Å²) in [5.74, 6) is 1.23. The van der Waals surface area contributed by atoms with Crippen molar-refractivity contribution in [3.63, 3.8) is 0 Å². The average molecular weight is 239 g/mol. The Hall–Kier alpha value is -1.16. The summed E-state index contributed by atoms with van der Waals surface area (Å²) in [4.78, 5) is 10.8. The van der Waals surface area contributed by atoms with Crippen molar-refractivity contribution in [2.24, 2.45) is 0 Å². The molecule has 1 aromatic rings. The zero-order valence-corrected chi connectivity index (χ0v) is 10.4. The maximum atomic E-state index is 10.8. The molecule has 0 radical (unpaired) electrons. The Kier molecular flexibility index (Phi) is 5.19. The number of carbonyl (C=O) groups is 1. The molecular formula is C12H17NO2S. The first-order chi connectivity index (χ1) is 7.63. The molecule has 0 aromatic heterocycles. The lowest BCUT2D eigenvalue weighted by molar-refractivity contribution is 0.0697. The molecule has 1 aromatic carbocycles. The number of rotatable bonds is 6. The second kappa shape index (κ2) is 6.43. The van der Waals surface area contributed by atoms with Crippen molar-refractivity contribution in [1.82, 2.24) is 0 Å². The van der Waals surface area contributed by atoms with Crippen LogP contribution in [-0.2, 0) is 0 Å². The van der Waals surface area contributed by atoms with Gasteiger partial charge in [0.15, 0.2) is 0 Å². The molecule has 0 aliphatic carbocycles. The molecule has 1 rings (SSSR count). The lowest BCUT2D eigenvalue weighted by Crippen LogP contribution is -2.18. The summed E-state index contributed by atoms with van der Waals surface area (Å²) < 4.78 is 0. The molecule has 88 valence electrons. The van der Waals surface area contributed by atoms with Crippen molar-refractivity contribution in [3.05, 3.63) is 29.8 Å². The number of hydrogen-bond donors (Lipinski definition) is 2. The van der Waals surface area contributed by atoms with Crippen LogP contribution in [0.2, 0.25) is 0 Å². The van der Waals surface area contributed by atoms with Gasteiger partial charge in [-0.05, 0) is 30.9 Å². The van der Waals surface area contributed by atoms with Crippen molar-refractivity contribution < 1.29 is 9.90 Å². The first-order valence-electron chi connectivity index (χ1n) is 5.31. The van der Waals surface area contributed by atoms with E-state index < -0.39 is 5.97 Å². The third kappa shape index (κ3) is 4.14. The van der Waals surface area contributed by atoms with E-state index in [1.165, 1.54) is 0 Å². The van der Waals surface area contributed by atoms with Crippen LogP contribution in [0.1, 0.15) is 24.2 Å². The Balaban J connectivity index is 2.59. The maximum Gasteiger partial charge on any atom is 0.335 e. The van der Waals surface area contributed by atoms with Crippen LogP contribution in [0.3, 0.4) is 0 Å². The predicted octanol–water partition coefficient (Wildman–Crippen LogP) is 2.94. The van der Waals surface area contributed by atoms with Crippen LogP contribution < -0.4 is 5.32 Å². The molecular weight excluding hydrogens is 222 g/mol. The first kappa shape index (κ1) is 12.9. The highest BCUT2D eigenvalue weighted by molar-refractivity contribution is 7.99. The monoisotopic (exact) mass is 239 g/mol. The second-order valence-electron chi connectivity index (χ2n) is 3.59. The fourth-order valence-electron chi connectivity index (χ4n) is 1.36. The topological polar surface area (TPSA) is 49.3 Å². The molecule has 0 saturated heterocycles. The highest BCUT2D eigenvalue weighted by atomic mass is 32.2. The molecule has 3 nitrogen and oxygen atoms in total. The lowest BCUT2D eigenvalue weighted by Gasteiger charge is -2.14. The van der Waals surface area contributed by atoms with E-state index >= 15 is 0 Å². The summed E-state index contributed by atoms with van der Waals surface area (Å²) in [7, 11) is 0. The van der Waals surface area contributed by atoms with Gasteiger partial charge in [-0.25, -0.2) is 4.79 Å². The van der Waals surface area contributed by atoms with Gasteiger partial charge < -0.3 is 10.4 Å². The Morgan fingerprint density at radius 3 is 2.94 bits per heavy atom. The van der Waals surface area contributed by atoms with Gasteiger partial charge in [-0.2, -0.15) is 11.8 Å². The molecule has 4 heteroatoms. The minimum absolute atomic E-state index is 0.320. The zero-order valence-electron chi connectivity index (χ0n) is 9.56. The number of anilines is 1. The molecule has 0 fully saturated rings. The molecule has 0 heterocycles. The zero-order chi connectivity index (χ0) is 12.0. The fraction of sp³-hybridized carbons (Fsp3) is 0.417. The Morgan fingerprint density at radius 1 is 1.56 bits per heavy atom. The van der Waals surface area contributed by atoms with Crippen molar-refractivity contribution >= 4 is 23.4 Å². The van der Waals surface area contributed by atoms with E-state index in [0.29, 0.717) is 11.6 Å². The highest BCUT2D eigenvalue weighted by Gasteiger charge is 2.05. The van der Waals surface area contributed by atoms with E-state index in [9.17, 15) is 4.79 Å². The highest BCUT2D eigenvalue weighted by Crippen LogP contribution is 2.13. The van der Waals surface area contributed by atoms with Crippen molar-refractivity contribution in [2.75, 3.05) is 16.8 Å². The molecule has 0 amide bonds. The van der Waals surface area contributed by atoms with E-state index in [1.807, 2.05) is 17.8 Å². The minimum Gasteiger partial charge on any atom is -0.478 e. The largest absolute Gasteiger partial charge is 0.478 e. The van der Waals surface area contributed by atoms with Crippen molar-refractivity contribution in [1.29, 1.82) is 0 Å². The maximum absolute atomic E-state index is 10.8. The minimum atomic E-state index is -0.890. The quantitative estimate of drug-likeness (QED) is 0.801. The molecule has 0 spiro atoms. The fourth-order valence-corrected chi connectivity index (χ4v) is 2.04. The molecule has 0 aliphatic heterocycles. The van der Waals surface area contributed by atoms with Crippen LogP contribution in [0, 0.1) is 0 Å². The van der Waals surface area contributed by atoms with Gasteiger partial charge >= 0.3 is 5.97 Å². The van der Waals surface area contributed by atoms with Gasteiger partial charge in [-0.1, -0.05) is 13.0 Å². The van der Waals surface area contributed by atoms with Crippen LogP contribution >= 0.6 is 11.8 Å². The van der Waals surface area contributed by atoms with Crippen molar-refractivity contribution in [3.8, 4) is 0 Å². The summed E-state index contributed by atoms with van der Waals surface area (Å²) in [6.07, 6.45) is 0. The normalized spacial score (nSPS) is 12.1. The van der Waals surface area contributed by atoms with Gasteiger partial charge in [0.2, 0.25) is 0 Å². The van der Waals surface area contributed by atoms with Crippen LogP contribution in [-0.4, -0.2) is 28.6 Å². The summed E-state index contributed by atoms with van der Waals surface area (Å²) in [6, 6.07) is 7.24. The van der Waals surface area contributed by atoms with Gasteiger partial charge in [-0.3, -0.25) is 0 Å². The van der Waals surface area contributed by atoms with Crippen LogP contribution in [0.25, 0.3) is 0 Å². The van der Waals surface area contributed by atoms with E-state index in [2.05, 4.69) is 19.2 Å². The van der Waals surface area contributed by atoms with E-state index in [1.54, 1.807) is 18.2 Å². The van der Waals surface area contributed by atoms with Gasteiger partial charge in [0.25, 0.3) is 0 Å². The van der Waals surface area contributed by atoms with Gasteiger partial charge in [0.05, 0.1) is 5.56 Å². The predicted molar refractivity (Wildman–Crippen MR) is 69.5 cm³/mol. The Bertz CT molecular complexity index is 355. The molecule has 16 heavy (non-hydrogen) atoms. The Labute approximate surface area is 100 Å². The molecule has 0 bridgehead atoms. The Morgan fingerprint density at radius 2 is 2.31 bits per heavy atom. The average Bonchev–Trinajstić information content (AvgIpc) is 2.26. The summed E-state index contributed by atoms with van der Waals surface area (Å²) in [5.41, 5.74) is 1.18. The third-order valence-corrected chi connectivity index (χ3v) is 3.24. The van der Waals surface area contributed by atoms with E-state index in [0.717, 1.165) is 17.2 Å². The molecule has 1 atom stereocenters. The van der Waals surface area contributed by atoms with Gasteiger partial charge in [0, 0.05) is 17.5 Å². The number of thioether (sulfide) groups is 1. The number of aromatic carboxylic acids is 1. The molecule has 2 N–H and O–H groups in total. The van der Waals surface area contributed by atoms with Gasteiger partial charge in [-0.15, -0.1) is 0 Å². The smallest absolute Gasteiger partial charge is 0.335 e. The SMILES string of the molecule is CCSCC(C)Nc1cccc(C(=O)O)c1. The molecule has 1 unspecified atom stereocenters. The standard InChI is InChI=1S/C12H17NO2S/c1-3-16-8-9(2)13-11-6-4-5-10(7-11)12(14)15/h4-7,9,13H,3,8H2,1-2H3,(H,14,15). The number of benzene rings is 1. The van der Waals surface area contributed by atoms with Crippen LogP contribution in [0.15, 0.2) is 24.3 Å². The first-order valence-corrected chi connectivity index (χ1v) is 6.46. The second-order valence-corrected chi connectivity index (χ2v) is 4.91. The lowest BCUT2D eigenvalue weighted by atomic mass is 10.2. The van der Waals surface area contributed by atoms with Crippen LogP contribution in [0.5, 0.6) is 0 Å². The number of carboxylic acids is 1.